The van der Waals surface area contributed by atoms with Crippen molar-refractivity contribution in [3.8, 4) is 0 Å². The molecule has 0 aliphatic rings. The van der Waals surface area contributed by atoms with Crippen LogP contribution in [0.1, 0.15) is 16.6 Å². The summed E-state index contributed by atoms with van der Waals surface area (Å²) in [4.78, 5) is 12.0. The molecule has 0 aliphatic heterocycles. The van der Waals surface area contributed by atoms with Crippen LogP contribution in [0.3, 0.4) is 0 Å². The molecule has 1 aromatic rings. The molecule has 0 aliphatic carbocycles. The third-order valence-corrected chi connectivity index (χ3v) is 2.25. The Hall–Kier alpha value is -0.710. The van der Waals surface area contributed by atoms with Gasteiger partial charge in [0, 0.05) is 6.61 Å². The molecule has 1 aromatic heterocycles. The standard InChI is InChI=1S/C8H11NO2S/c1-2-11-8(9)7(10)6-4-3-5-12-6/h3-5,8H,2,9H2,1H3. The Morgan fingerprint density at radius 3 is 3.08 bits per heavy atom. The quantitative estimate of drug-likeness (QED) is 0.567. The van der Waals surface area contributed by atoms with Crippen molar-refractivity contribution in [1.29, 1.82) is 0 Å². The molecule has 0 saturated carbocycles. The number of hydrogen-bond donors (Lipinski definition) is 1. The lowest BCUT2D eigenvalue weighted by atomic mass is 10.3. The molecule has 0 fully saturated rings. The number of hydrogen-bond acceptors (Lipinski definition) is 4. The molecule has 1 rings (SSSR count). The number of thiophene rings is 1. The number of rotatable bonds is 4. The summed E-state index contributed by atoms with van der Waals surface area (Å²) in [5.74, 6) is -0.146. The number of ketones is 1. The Morgan fingerprint density at radius 2 is 2.58 bits per heavy atom. The molecule has 2 N–H and O–H groups in total. The minimum Gasteiger partial charge on any atom is -0.356 e. The van der Waals surface area contributed by atoms with Gasteiger partial charge in [-0.05, 0) is 18.4 Å². The molecular formula is C8H11NO2S. The molecule has 1 atom stereocenters. The van der Waals surface area contributed by atoms with E-state index in [1.54, 1.807) is 6.07 Å². The second kappa shape index (κ2) is 4.35. The van der Waals surface area contributed by atoms with E-state index in [4.69, 9.17) is 10.5 Å². The van der Waals surface area contributed by atoms with Gasteiger partial charge in [0.05, 0.1) is 4.88 Å². The van der Waals surface area contributed by atoms with Crippen molar-refractivity contribution in [2.45, 2.75) is 13.2 Å². The molecule has 4 heteroatoms. The van der Waals surface area contributed by atoms with Crippen molar-refractivity contribution in [2.24, 2.45) is 5.73 Å². The minimum atomic E-state index is -0.811. The van der Waals surface area contributed by atoms with Gasteiger partial charge in [-0.2, -0.15) is 0 Å². The fraction of sp³-hybridized carbons (Fsp3) is 0.375. The summed E-state index contributed by atoms with van der Waals surface area (Å²) >= 11 is 1.38. The molecule has 0 bridgehead atoms. The first-order valence-corrected chi connectivity index (χ1v) is 4.58. The van der Waals surface area contributed by atoms with Crippen molar-refractivity contribution in [1.82, 2.24) is 0 Å². The number of carbonyl (C=O) groups is 1. The topological polar surface area (TPSA) is 52.3 Å². The average molecular weight is 185 g/mol. The number of ether oxygens (including phenoxy) is 1. The largest absolute Gasteiger partial charge is 0.356 e. The molecule has 0 aromatic carbocycles. The second-order valence-electron chi connectivity index (χ2n) is 2.22. The van der Waals surface area contributed by atoms with E-state index in [0.717, 1.165) is 0 Å². The van der Waals surface area contributed by atoms with E-state index in [2.05, 4.69) is 0 Å². The number of nitrogens with two attached hydrogens (primary N) is 1. The fourth-order valence-corrected chi connectivity index (χ4v) is 1.51. The maximum Gasteiger partial charge on any atom is 0.216 e. The second-order valence-corrected chi connectivity index (χ2v) is 3.17. The normalized spacial score (nSPS) is 12.8. The molecule has 0 amide bonds. The van der Waals surface area contributed by atoms with Crippen LogP contribution in [-0.4, -0.2) is 18.6 Å². The number of Topliss-reactive ketones (excluding diaryl/α,β-unsaturated/α-hetero) is 1. The Morgan fingerprint density at radius 1 is 1.83 bits per heavy atom. The molecule has 0 radical (unpaired) electrons. The summed E-state index contributed by atoms with van der Waals surface area (Å²) in [7, 11) is 0. The third kappa shape index (κ3) is 2.14. The highest BCUT2D eigenvalue weighted by Gasteiger charge is 2.15. The summed E-state index contributed by atoms with van der Waals surface area (Å²) < 4.78 is 4.96. The van der Waals surface area contributed by atoms with E-state index in [-0.39, 0.29) is 5.78 Å². The van der Waals surface area contributed by atoms with Crippen molar-refractivity contribution in [3.63, 3.8) is 0 Å². The predicted molar refractivity (Wildman–Crippen MR) is 48.3 cm³/mol. The van der Waals surface area contributed by atoms with E-state index in [1.807, 2.05) is 18.4 Å². The van der Waals surface area contributed by atoms with Crippen LogP contribution in [0.2, 0.25) is 0 Å². The summed E-state index contributed by atoms with van der Waals surface area (Å²) in [6.45, 7) is 2.26. The van der Waals surface area contributed by atoms with Crippen LogP contribution in [-0.2, 0) is 4.74 Å². The van der Waals surface area contributed by atoms with Crippen LogP contribution in [0.5, 0.6) is 0 Å². The Labute approximate surface area is 75.1 Å². The van der Waals surface area contributed by atoms with E-state index in [0.29, 0.717) is 11.5 Å². The predicted octanol–water partition coefficient (Wildman–Crippen LogP) is 1.25. The average Bonchev–Trinajstić information content (AvgIpc) is 2.55. The maximum atomic E-state index is 11.4. The summed E-state index contributed by atoms with van der Waals surface area (Å²) in [5, 5.41) is 1.84. The van der Waals surface area contributed by atoms with Gasteiger partial charge in [-0.1, -0.05) is 6.07 Å². The molecule has 66 valence electrons. The van der Waals surface area contributed by atoms with Gasteiger partial charge in [-0.3, -0.25) is 10.5 Å². The highest BCUT2D eigenvalue weighted by molar-refractivity contribution is 7.12. The molecule has 1 heterocycles. The van der Waals surface area contributed by atoms with Gasteiger partial charge in [-0.25, -0.2) is 0 Å². The smallest absolute Gasteiger partial charge is 0.216 e. The Kier molecular flexibility index (Phi) is 3.40. The fourth-order valence-electron chi connectivity index (χ4n) is 0.814. The summed E-state index contributed by atoms with van der Waals surface area (Å²) in [6.07, 6.45) is -0.811. The SMILES string of the molecule is CCOC(N)C(=O)c1cccs1. The van der Waals surface area contributed by atoms with Gasteiger partial charge in [0.25, 0.3) is 0 Å². The lowest BCUT2D eigenvalue weighted by Gasteiger charge is -2.07. The Bertz CT molecular complexity index is 246. The van der Waals surface area contributed by atoms with Gasteiger partial charge in [-0.15, -0.1) is 11.3 Å². The van der Waals surface area contributed by atoms with Gasteiger partial charge in [0.1, 0.15) is 0 Å². The van der Waals surface area contributed by atoms with E-state index in [9.17, 15) is 4.79 Å². The van der Waals surface area contributed by atoms with Crippen molar-refractivity contribution in [2.75, 3.05) is 6.61 Å². The van der Waals surface area contributed by atoms with Crippen molar-refractivity contribution in [3.05, 3.63) is 22.4 Å². The van der Waals surface area contributed by atoms with Gasteiger partial charge in [0.2, 0.25) is 5.78 Å². The van der Waals surface area contributed by atoms with Crippen LogP contribution in [0.4, 0.5) is 0 Å². The van der Waals surface area contributed by atoms with Crippen LogP contribution in [0.25, 0.3) is 0 Å². The molecule has 3 nitrogen and oxygen atoms in total. The first-order chi connectivity index (χ1) is 5.75. The minimum absolute atomic E-state index is 0.146. The highest BCUT2D eigenvalue weighted by Crippen LogP contribution is 2.10. The first kappa shape index (κ1) is 9.38. The zero-order valence-corrected chi connectivity index (χ0v) is 7.64. The molecule has 0 saturated heterocycles. The van der Waals surface area contributed by atoms with Gasteiger partial charge >= 0.3 is 0 Å². The summed E-state index contributed by atoms with van der Waals surface area (Å²) in [5.41, 5.74) is 5.45. The van der Waals surface area contributed by atoms with E-state index < -0.39 is 6.23 Å². The van der Waals surface area contributed by atoms with E-state index >= 15 is 0 Å². The zero-order valence-electron chi connectivity index (χ0n) is 6.82. The van der Waals surface area contributed by atoms with Gasteiger partial charge in [0.15, 0.2) is 6.23 Å². The molecular weight excluding hydrogens is 174 g/mol. The third-order valence-electron chi connectivity index (χ3n) is 1.37. The molecule has 0 spiro atoms. The van der Waals surface area contributed by atoms with E-state index in [1.165, 1.54) is 11.3 Å². The van der Waals surface area contributed by atoms with Crippen LogP contribution in [0.15, 0.2) is 17.5 Å². The van der Waals surface area contributed by atoms with Crippen molar-refractivity contribution >= 4 is 17.1 Å². The number of carbonyl (C=O) groups excluding carboxylic acids is 1. The van der Waals surface area contributed by atoms with Crippen LogP contribution < -0.4 is 5.73 Å². The zero-order chi connectivity index (χ0) is 8.97. The summed E-state index contributed by atoms with van der Waals surface area (Å²) in [6, 6.07) is 3.56. The van der Waals surface area contributed by atoms with Crippen LogP contribution in [0, 0.1) is 0 Å². The molecule has 12 heavy (non-hydrogen) atoms. The maximum absolute atomic E-state index is 11.4. The van der Waals surface area contributed by atoms with Crippen molar-refractivity contribution < 1.29 is 9.53 Å². The lowest BCUT2D eigenvalue weighted by molar-refractivity contribution is 0.0483. The van der Waals surface area contributed by atoms with Crippen LogP contribution >= 0.6 is 11.3 Å². The van der Waals surface area contributed by atoms with Gasteiger partial charge < -0.3 is 4.74 Å². The Balaban J connectivity index is 2.59. The molecule has 1 unspecified atom stereocenters. The monoisotopic (exact) mass is 185 g/mol. The highest BCUT2D eigenvalue weighted by atomic mass is 32.1. The lowest BCUT2D eigenvalue weighted by Crippen LogP contribution is -2.32. The first-order valence-electron chi connectivity index (χ1n) is 3.70.